The number of aryl methyl sites for hydroxylation is 1. The van der Waals surface area contributed by atoms with Crippen molar-refractivity contribution in [3.05, 3.63) is 30.0 Å². The van der Waals surface area contributed by atoms with E-state index in [4.69, 9.17) is 5.10 Å². The molecule has 19 heavy (non-hydrogen) atoms. The van der Waals surface area contributed by atoms with E-state index < -0.39 is 0 Å². The summed E-state index contributed by atoms with van der Waals surface area (Å²) in [6.07, 6.45) is 1.10. The van der Waals surface area contributed by atoms with Crippen LogP contribution in [0.2, 0.25) is 0 Å². The largest absolute Gasteiger partial charge is 0.396 e. The maximum Gasteiger partial charge on any atom is 0.0843 e. The Labute approximate surface area is 113 Å². The molecule has 0 radical (unpaired) electrons. The number of hydrogen-bond donors (Lipinski definition) is 1. The molecule has 1 saturated heterocycles. The summed E-state index contributed by atoms with van der Waals surface area (Å²) in [6.45, 7) is 6.29. The van der Waals surface area contributed by atoms with E-state index in [0.717, 1.165) is 38.3 Å². The lowest BCUT2D eigenvalue weighted by atomic mass is 10.1. The first-order valence-corrected chi connectivity index (χ1v) is 7.09. The van der Waals surface area contributed by atoms with Gasteiger partial charge in [-0.2, -0.15) is 5.10 Å². The zero-order valence-corrected chi connectivity index (χ0v) is 11.4. The minimum absolute atomic E-state index is 0.306. The van der Waals surface area contributed by atoms with Gasteiger partial charge >= 0.3 is 0 Å². The third kappa shape index (κ3) is 2.38. The lowest BCUT2D eigenvalue weighted by molar-refractivity contribution is 0.219. The molecule has 0 amide bonds. The highest BCUT2D eigenvalue weighted by molar-refractivity contribution is 5.81. The normalized spacial score (nSPS) is 20.4. The molecule has 2 heterocycles. The Morgan fingerprint density at radius 1 is 1.37 bits per heavy atom. The number of rotatable bonds is 4. The number of hydrogen-bond acceptors (Lipinski definition) is 3. The molecule has 1 aliphatic rings. The molecule has 1 N–H and O–H groups in total. The molecule has 1 unspecified atom stereocenters. The summed E-state index contributed by atoms with van der Waals surface area (Å²) in [7, 11) is 0. The SMILES string of the molecule is CCn1nc(CN2CCC(CO)C2)c2ccccc21. The Hall–Kier alpha value is -1.39. The lowest BCUT2D eigenvalue weighted by Crippen LogP contribution is -2.21. The van der Waals surface area contributed by atoms with E-state index in [0.29, 0.717) is 12.5 Å². The van der Waals surface area contributed by atoms with Gasteiger partial charge in [-0.3, -0.25) is 9.58 Å². The second-order valence-corrected chi connectivity index (χ2v) is 5.35. The van der Waals surface area contributed by atoms with Gasteiger partial charge in [0.05, 0.1) is 11.2 Å². The molecule has 0 aliphatic carbocycles. The van der Waals surface area contributed by atoms with Crippen molar-refractivity contribution in [1.29, 1.82) is 0 Å². The van der Waals surface area contributed by atoms with E-state index in [1.807, 2.05) is 0 Å². The highest BCUT2D eigenvalue weighted by Gasteiger charge is 2.23. The van der Waals surface area contributed by atoms with Crippen LogP contribution < -0.4 is 0 Å². The van der Waals surface area contributed by atoms with Crippen molar-refractivity contribution in [2.75, 3.05) is 19.7 Å². The van der Waals surface area contributed by atoms with E-state index in [2.05, 4.69) is 40.8 Å². The number of aliphatic hydroxyl groups excluding tert-OH is 1. The van der Waals surface area contributed by atoms with Gasteiger partial charge in [-0.25, -0.2) is 0 Å². The van der Waals surface area contributed by atoms with E-state index >= 15 is 0 Å². The Bertz CT molecular complexity index is 564. The van der Waals surface area contributed by atoms with Crippen LogP contribution in [0.3, 0.4) is 0 Å². The summed E-state index contributed by atoms with van der Waals surface area (Å²) in [4.78, 5) is 2.40. The zero-order chi connectivity index (χ0) is 13.2. The number of likely N-dealkylation sites (tertiary alicyclic amines) is 1. The first-order valence-electron chi connectivity index (χ1n) is 7.09. The molecular weight excluding hydrogens is 238 g/mol. The molecule has 2 aromatic rings. The molecule has 4 nitrogen and oxygen atoms in total. The summed E-state index contributed by atoms with van der Waals surface area (Å²) < 4.78 is 2.07. The molecule has 0 saturated carbocycles. The van der Waals surface area contributed by atoms with E-state index in [1.165, 1.54) is 10.9 Å². The van der Waals surface area contributed by atoms with Crippen LogP contribution in [0, 0.1) is 5.92 Å². The van der Waals surface area contributed by atoms with Crippen LogP contribution in [-0.2, 0) is 13.1 Å². The van der Waals surface area contributed by atoms with E-state index in [-0.39, 0.29) is 0 Å². The number of para-hydroxylation sites is 1. The number of fused-ring (bicyclic) bond motifs is 1. The maximum absolute atomic E-state index is 9.22. The van der Waals surface area contributed by atoms with Crippen molar-refractivity contribution < 1.29 is 5.11 Å². The van der Waals surface area contributed by atoms with Gasteiger partial charge in [-0.15, -0.1) is 0 Å². The fraction of sp³-hybridized carbons (Fsp3) is 0.533. The van der Waals surface area contributed by atoms with Crippen molar-refractivity contribution in [3.63, 3.8) is 0 Å². The summed E-state index contributed by atoms with van der Waals surface area (Å²) in [5, 5.41) is 15.2. The number of aliphatic hydroxyl groups is 1. The van der Waals surface area contributed by atoms with Crippen LogP contribution in [0.1, 0.15) is 19.0 Å². The van der Waals surface area contributed by atoms with Crippen molar-refractivity contribution in [2.24, 2.45) is 5.92 Å². The molecule has 3 rings (SSSR count). The summed E-state index contributed by atoms with van der Waals surface area (Å²) in [5.74, 6) is 0.444. The van der Waals surface area contributed by atoms with Gasteiger partial charge in [-0.1, -0.05) is 18.2 Å². The predicted molar refractivity (Wildman–Crippen MR) is 75.9 cm³/mol. The first kappa shape index (κ1) is 12.6. The summed E-state index contributed by atoms with van der Waals surface area (Å²) >= 11 is 0. The third-order valence-electron chi connectivity index (χ3n) is 4.04. The van der Waals surface area contributed by atoms with Crippen LogP contribution in [-0.4, -0.2) is 39.5 Å². The van der Waals surface area contributed by atoms with E-state index in [9.17, 15) is 5.11 Å². The highest BCUT2D eigenvalue weighted by atomic mass is 16.3. The van der Waals surface area contributed by atoms with Crippen molar-refractivity contribution in [2.45, 2.75) is 26.4 Å². The van der Waals surface area contributed by atoms with Crippen LogP contribution in [0.25, 0.3) is 10.9 Å². The molecule has 1 fully saturated rings. The molecule has 1 aromatic carbocycles. The molecule has 102 valence electrons. The Balaban J connectivity index is 1.85. The predicted octanol–water partition coefficient (Wildman–Crippen LogP) is 1.87. The minimum Gasteiger partial charge on any atom is -0.396 e. The van der Waals surface area contributed by atoms with Crippen LogP contribution in [0.5, 0.6) is 0 Å². The quantitative estimate of drug-likeness (QED) is 0.911. The molecule has 0 spiro atoms. The van der Waals surface area contributed by atoms with Gasteiger partial charge in [0.25, 0.3) is 0 Å². The number of nitrogens with zero attached hydrogens (tertiary/aromatic N) is 3. The van der Waals surface area contributed by atoms with Crippen LogP contribution in [0.4, 0.5) is 0 Å². The molecule has 1 aromatic heterocycles. The van der Waals surface area contributed by atoms with Gasteiger partial charge in [-0.05, 0) is 31.9 Å². The second-order valence-electron chi connectivity index (χ2n) is 5.35. The van der Waals surface area contributed by atoms with Gasteiger partial charge < -0.3 is 5.11 Å². The van der Waals surface area contributed by atoms with Crippen molar-refractivity contribution in [3.8, 4) is 0 Å². The Morgan fingerprint density at radius 3 is 2.95 bits per heavy atom. The average molecular weight is 259 g/mol. The molecule has 0 bridgehead atoms. The third-order valence-corrected chi connectivity index (χ3v) is 4.04. The van der Waals surface area contributed by atoms with Gasteiger partial charge in [0, 0.05) is 31.6 Å². The maximum atomic E-state index is 9.22. The number of benzene rings is 1. The highest BCUT2D eigenvalue weighted by Crippen LogP contribution is 2.23. The summed E-state index contributed by atoms with van der Waals surface area (Å²) in [6, 6.07) is 8.44. The smallest absolute Gasteiger partial charge is 0.0843 e. The fourth-order valence-corrected chi connectivity index (χ4v) is 2.97. The van der Waals surface area contributed by atoms with Gasteiger partial charge in [0.15, 0.2) is 0 Å². The fourth-order valence-electron chi connectivity index (χ4n) is 2.97. The van der Waals surface area contributed by atoms with E-state index in [1.54, 1.807) is 0 Å². The molecule has 4 heteroatoms. The van der Waals surface area contributed by atoms with Crippen molar-refractivity contribution >= 4 is 10.9 Å². The van der Waals surface area contributed by atoms with Crippen LogP contribution in [0.15, 0.2) is 24.3 Å². The zero-order valence-electron chi connectivity index (χ0n) is 11.4. The van der Waals surface area contributed by atoms with Crippen LogP contribution >= 0.6 is 0 Å². The Kier molecular flexibility index (Phi) is 3.53. The lowest BCUT2D eigenvalue weighted by Gasteiger charge is -2.13. The molecule has 1 atom stereocenters. The van der Waals surface area contributed by atoms with Crippen molar-refractivity contribution in [1.82, 2.24) is 14.7 Å². The topological polar surface area (TPSA) is 41.3 Å². The summed E-state index contributed by atoms with van der Waals surface area (Å²) in [5.41, 5.74) is 2.38. The number of aromatic nitrogens is 2. The second kappa shape index (κ2) is 5.31. The van der Waals surface area contributed by atoms with Gasteiger partial charge in [0.1, 0.15) is 0 Å². The average Bonchev–Trinajstić information content (AvgIpc) is 3.04. The standard InChI is InChI=1S/C15H21N3O/c1-2-18-15-6-4-3-5-13(15)14(16-18)10-17-8-7-12(9-17)11-19/h3-6,12,19H,2,7-11H2,1H3. The minimum atomic E-state index is 0.306. The van der Waals surface area contributed by atoms with Gasteiger partial charge in [0.2, 0.25) is 0 Å². The first-order chi connectivity index (χ1) is 9.31. The molecular formula is C15H21N3O. The molecule has 1 aliphatic heterocycles. The monoisotopic (exact) mass is 259 g/mol. The Morgan fingerprint density at radius 2 is 2.21 bits per heavy atom.